The molecule has 70 valence electrons. The second-order valence-electron chi connectivity index (χ2n) is 4.40. The molecule has 0 spiro atoms. The summed E-state index contributed by atoms with van der Waals surface area (Å²) in [5.74, 6) is 0. The first-order valence-electron chi connectivity index (χ1n) is 5.03. The van der Waals surface area contributed by atoms with Gasteiger partial charge in [-0.15, -0.1) is 0 Å². The molecule has 2 rings (SSSR count). The molecule has 1 N–H and O–H groups in total. The Kier molecular flexibility index (Phi) is 2.36. The normalized spacial score (nSPS) is 27.8. The lowest BCUT2D eigenvalue weighted by Crippen LogP contribution is -2.22. The fourth-order valence-corrected chi connectivity index (χ4v) is 2.11. The second-order valence-corrected chi connectivity index (χ2v) is 4.40. The minimum atomic E-state index is 0.487. The molecule has 0 bridgehead atoms. The van der Waals surface area contributed by atoms with Crippen LogP contribution in [0.2, 0.25) is 0 Å². The van der Waals surface area contributed by atoms with Gasteiger partial charge in [0, 0.05) is 6.54 Å². The van der Waals surface area contributed by atoms with Crippen molar-refractivity contribution >= 4 is 0 Å². The van der Waals surface area contributed by atoms with Crippen LogP contribution in [0.5, 0.6) is 0 Å². The Bertz CT molecular complexity index is 260. The van der Waals surface area contributed by atoms with Gasteiger partial charge >= 0.3 is 0 Å². The highest BCUT2D eigenvalue weighted by Gasteiger charge is 2.28. The van der Waals surface area contributed by atoms with E-state index in [-0.39, 0.29) is 0 Å². The van der Waals surface area contributed by atoms with Crippen molar-refractivity contribution in [2.75, 3.05) is 13.1 Å². The molecule has 1 nitrogen and oxygen atoms in total. The molecule has 1 aromatic rings. The van der Waals surface area contributed by atoms with Gasteiger partial charge in [-0.3, -0.25) is 0 Å². The van der Waals surface area contributed by atoms with Crippen molar-refractivity contribution in [3.8, 4) is 0 Å². The molecule has 1 heterocycles. The van der Waals surface area contributed by atoms with Gasteiger partial charge in [0.2, 0.25) is 0 Å². The van der Waals surface area contributed by atoms with E-state index < -0.39 is 0 Å². The molecule has 1 atom stereocenters. The van der Waals surface area contributed by atoms with Crippen LogP contribution in [0.4, 0.5) is 0 Å². The van der Waals surface area contributed by atoms with E-state index in [9.17, 15) is 0 Å². The van der Waals surface area contributed by atoms with Gasteiger partial charge in [-0.2, -0.15) is 0 Å². The van der Waals surface area contributed by atoms with E-state index in [0.717, 1.165) is 0 Å². The molecule has 1 heteroatoms. The van der Waals surface area contributed by atoms with E-state index in [4.69, 9.17) is 0 Å². The van der Waals surface area contributed by atoms with Crippen LogP contribution < -0.4 is 5.32 Å². The summed E-state index contributed by atoms with van der Waals surface area (Å²) >= 11 is 0. The van der Waals surface area contributed by atoms with Crippen LogP contribution in [0.15, 0.2) is 30.3 Å². The van der Waals surface area contributed by atoms with Gasteiger partial charge in [0.05, 0.1) is 0 Å². The molecule has 1 fully saturated rings. The van der Waals surface area contributed by atoms with E-state index in [1.807, 2.05) is 0 Å². The maximum atomic E-state index is 3.43. The lowest BCUT2D eigenvalue weighted by Gasteiger charge is -2.22. The second kappa shape index (κ2) is 3.51. The summed E-state index contributed by atoms with van der Waals surface area (Å²) in [4.78, 5) is 0. The topological polar surface area (TPSA) is 12.0 Å². The summed E-state index contributed by atoms with van der Waals surface area (Å²) in [7, 11) is 0. The molecule has 0 unspecified atom stereocenters. The molecule has 1 aliphatic rings. The average Bonchev–Trinajstić information content (AvgIpc) is 2.54. The third kappa shape index (κ3) is 2.10. The minimum absolute atomic E-state index is 0.487. The highest BCUT2D eigenvalue weighted by molar-refractivity contribution is 5.16. The Morgan fingerprint density at radius 1 is 1.31 bits per heavy atom. The van der Waals surface area contributed by atoms with Crippen LogP contribution in [-0.4, -0.2) is 13.1 Å². The summed E-state index contributed by atoms with van der Waals surface area (Å²) in [5.41, 5.74) is 1.95. The number of benzene rings is 1. The van der Waals surface area contributed by atoms with E-state index in [0.29, 0.717) is 5.41 Å². The van der Waals surface area contributed by atoms with E-state index in [2.05, 4.69) is 42.6 Å². The van der Waals surface area contributed by atoms with E-state index >= 15 is 0 Å². The predicted octanol–water partition coefficient (Wildman–Crippen LogP) is 2.23. The molecular formula is C12H17N. The zero-order valence-electron chi connectivity index (χ0n) is 8.22. The number of rotatable bonds is 2. The molecule has 13 heavy (non-hydrogen) atoms. The predicted molar refractivity (Wildman–Crippen MR) is 55.7 cm³/mol. The standard InChI is InChI=1S/C12H17N/c1-12(7-8-13-10-12)9-11-5-3-2-4-6-11/h2-6,13H,7-10H2,1H3/t12-/m0/s1. The lowest BCUT2D eigenvalue weighted by atomic mass is 9.83. The SMILES string of the molecule is C[C@@]1(Cc2ccccc2)CCNC1. The zero-order valence-corrected chi connectivity index (χ0v) is 8.22. The van der Waals surface area contributed by atoms with Gasteiger partial charge in [0.1, 0.15) is 0 Å². The van der Waals surface area contributed by atoms with Crippen molar-refractivity contribution in [2.45, 2.75) is 19.8 Å². The third-order valence-electron chi connectivity index (χ3n) is 2.93. The molecule has 1 saturated heterocycles. The van der Waals surface area contributed by atoms with Crippen LogP contribution in [0.3, 0.4) is 0 Å². The maximum absolute atomic E-state index is 3.43. The molecule has 0 saturated carbocycles. The fraction of sp³-hybridized carbons (Fsp3) is 0.500. The Labute approximate surface area is 80.2 Å². The van der Waals surface area contributed by atoms with Gasteiger partial charge in [-0.25, -0.2) is 0 Å². The first-order valence-corrected chi connectivity index (χ1v) is 5.03. The molecule has 1 aromatic carbocycles. The molecule has 1 aliphatic heterocycles. The Balaban J connectivity index is 2.05. The highest BCUT2D eigenvalue weighted by Crippen LogP contribution is 2.28. The van der Waals surface area contributed by atoms with Crippen LogP contribution in [0, 0.1) is 5.41 Å². The van der Waals surface area contributed by atoms with Gasteiger partial charge in [-0.1, -0.05) is 37.3 Å². The summed E-state index contributed by atoms with van der Waals surface area (Å²) in [6.07, 6.45) is 2.52. The highest BCUT2D eigenvalue weighted by atomic mass is 14.9. The molecule has 0 amide bonds. The molecule has 0 radical (unpaired) electrons. The molecular weight excluding hydrogens is 158 g/mol. The van der Waals surface area contributed by atoms with Gasteiger partial charge in [-0.05, 0) is 30.4 Å². The third-order valence-corrected chi connectivity index (χ3v) is 2.93. The Hall–Kier alpha value is -0.820. The van der Waals surface area contributed by atoms with Crippen molar-refractivity contribution in [1.29, 1.82) is 0 Å². The van der Waals surface area contributed by atoms with Crippen molar-refractivity contribution in [3.63, 3.8) is 0 Å². The molecule has 0 aliphatic carbocycles. The van der Waals surface area contributed by atoms with Crippen LogP contribution in [0.1, 0.15) is 18.9 Å². The van der Waals surface area contributed by atoms with Crippen LogP contribution in [-0.2, 0) is 6.42 Å². The fourth-order valence-electron chi connectivity index (χ4n) is 2.11. The number of nitrogens with one attached hydrogen (secondary N) is 1. The van der Waals surface area contributed by atoms with Crippen LogP contribution in [0.25, 0.3) is 0 Å². The number of hydrogen-bond donors (Lipinski definition) is 1. The largest absolute Gasteiger partial charge is 0.316 e. The number of hydrogen-bond acceptors (Lipinski definition) is 1. The summed E-state index contributed by atoms with van der Waals surface area (Å²) < 4.78 is 0. The van der Waals surface area contributed by atoms with E-state index in [1.165, 1.54) is 31.5 Å². The first kappa shape index (κ1) is 8.76. The smallest absolute Gasteiger partial charge is 0.000883 e. The molecule has 0 aromatic heterocycles. The summed E-state index contributed by atoms with van der Waals surface area (Å²) in [6.45, 7) is 4.73. The monoisotopic (exact) mass is 175 g/mol. The summed E-state index contributed by atoms with van der Waals surface area (Å²) in [5, 5.41) is 3.43. The van der Waals surface area contributed by atoms with Gasteiger partial charge < -0.3 is 5.32 Å². The van der Waals surface area contributed by atoms with Crippen molar-refractivity contribution in [2.24, 2.45) is 5.41 Å². The first-order chi connectivity index (χ1) is 6.29. The Morgan fingerprint density at radius 3 is 2.69 bits per heavy atom. The van der Waals surface area contributed by atoms with Gasteiger partial charge in [0.25, 0.3) is 0 Å². The van der Waals surface area contributed by atoms with Crippen molar-refractivity contribution in [1.82, 2.24) is 5.32 Å². The minimum Gasteiger partial charge on any atom is -0.316 e. The Morgan fingerprint density at radius 2 is 2.08 bits per heavy atom. The van der Waals surface area contributed by atoms with Gasteiger partial charge in [0.15, 0.2) is 0 Å². The quantitative estimate of drug-likeness (QED) is 0.726. The summed E-state index contributed by atoms with van der Waals surface area (Å²) in [6, 6.07) is 10.8. The maximum Gasteiger partial charge on any atom is 0.000883 e. The van der Waals surface area contributed by atoms with Crippen LogP contribution >= 0.6 is 0 Å². The lowest BCUT2D eigenvalue weighted by molar-refractivity contribution is 0.363. The zero-order chi connectivity index (χ0) is 9.15. The van der Waals surface area contributed by atoms with E-state index in [1.54, 1.807) is 0 Å². The van der Waals surface area contributed by atoms with Crippen molar-refractivity contribution < 1.29 is 0 Å². The van der Waals surface area contributed by atoms with Crippen molar-refractivity contribution in [3.05, 3.63) is 35.9 Å². The average molecular weight is 175 g/mol.